The van der Waals surface area contributed by atoms with E-state index >= 15 is 0 Å². The van der Waals surface area contributed by atoms with E-state index in [-0.39, 0.29) is 29.9 Å². The van der Waals surface area contributed by atoms with E-state index in [4.69, 9.17) is 4.99 Å². The van der Waals surface area contributed by atoms with Gasteiger partial charge in [-0.3, -0.25) is 9.48 Å². The molecule has 2 heterocycles. The summed E-state index contributed by atoms with van der Waals surface area (Å²) >= 11 is 0. The molecule has 0 radical (unpaired) electrons. The molecule has 0 atom stereocenters. The second-order valence-electron chi connectivity index (χ2n) is 8.26. The smallest absolute Gasteiger partial charge is 0.222 e. The Bertz CT molecular complexity index is 1070. The highest BCUT2D eigenvalue weighted by atomic mass is 127. The van der Waals surface area contributed by atoms with E-state index in [0.29, 0.717) is 26.1 Å². The standard InChI is InChI=1S/C26H32N6O.HI/c1-2-27-26(29-18-23-7-3-4-8-24(23)20-32-16-6-14-30-32)28-17-21-10-12-22(13-11-21)19-31-15-5-9-25(31)33;/h3-4,6-8,10-14,16H,2,5,9,15,17-20H2,1H3,(H2,27,28,29);1H. The lowest BCUT2D eigenvalue weighted by atomic mass is 10.1. The molecule has 0 saturated carbocycles. The van der Waals surface area contributed by atoms with Crippen molar-refractivity contribution < 1.29 is 4.79 Å². The van der Waals surface area contributed by atoms with Crippen molar-refractivity contribution in [2.75, 3.05) is 13.1 Å². The van der Waals surface area contributed by atoms with Crippen LogP contribution in [-0.2, 0) is 31.0 Å². The molecular formula is C26H33IN6O. The molecule has 1 amide bonds. The van der Waals surface area contributed by atoms with Gasteiger partial charge in [0.15, 0.2) is 5.96 Å². The zero-order valence-corrected chi connectivity index (χ0v) is 21.9. The number of guanidine groups is 1. The summed E-state index contributed by atoms with van der Waals surface area (Å²) < 4.78 is 1.93. The zero-order chi connectivity index (χ0) is 22.9. The van der Waals surface area contributed by atoms with Crippen LogP contribution in [0.3, 0.4) is 0 Å². The van der Waals surface area contributed by atoms with Gasteiger partial charge in [0.05, 0.1) is 13.1 Å². The molecule has 180 valence electrons. The number of benzene rings is 2. The van der Waals surface area contributed by atoms with Crippen LogP contribution in [0.25, 0.3) is 0 Å². The first-order valence-electron chi connectivity index (χ1n) is 11.6. The molecule has 34 heavy (non-hydrogen) atoms. The van der Waals surface area contributed by atoms with Crippen LogP contribution >= 0.6 is 24.0 Å². The molecule has 2 N–H and O–H groups in total. The van der Waals surface area contributed by atoms with Gasteiger partial charge in [-0.2, -0.15) is 5.10 Å². The monoisotopic (exact) mass is 572 g/mol. The van der Waals surface area contributed by atoms with Crippen LogP contribution in [0.5, 0.6) is 0 Å². The average molecular weight is 572 g/mol. The maximum Gasteiger partial charge on any atom is 0.222 e. The van der Waals surface area contributed by atoms with Gasteiger partial charge in [-0.15, -0.1) is 24.0 Å². The fraction of sp³-hybridized carbons (Fsp3) is 0.346. The van der Waals surface area contributed by atoms with Gasteiger partial charge in [0.25, 0.3) is 0 Å². The number of halogens is 1. The van der Waals surface area contributed by atoms with Gasteiger partial charge >= 0.3 is 0 Å². The molecule has 1 saturated heterocycles. The Morgan fingerprint density at radius 2 is 1.76 bits per heavy atom. The highest BCUT2D eigenvalue weighted by Gasteiger charge is 2.19. The van der Waals surface area contributed by atoms with Crippen molar-refractivity contribution in [2.45, 2.75) is 45.9 Å². The number of nitrogens with zero attached hydrogens (tertiary/aromatic N) is 4. The van der Waals surface area contributed by atoms with Gasteiger partial charge in [-0.1, -0.05) is 48.5 Å². The quantitative estimate of drug-likeness (QED) is 0.232. The average Bonchev–Trinajstić information content (AvgIpc) is 3.49. The maximum absolute atomic E-state index is 11.8. The number of rotatable bonds is 9. The Balaban J connectivity index is 0.00000324. The van der Waals surface area contributed by atoms with Gasteiger partial charge in [-0.05, 0) is 41.7 Å². The molecule has 8 heteroatoms. The number of carbonyl (C=O) groups is 1. The van der Waals surface area contributed by atoms with Crippen molar-refractivity contribution in [3.63, 3.8) is 0 Å². The Hall–Kier alpha value is -2.88. The van der Waals surface area contributed by atoms with E-state index in [0.717, 1.165) is 43.1 Å². The molecule has 1 aliphatic heterocycles. The van der Waals surface area contributed by atoms with E-state index in [1.807, 2.05) is 21.8 Å². The Labute approximate surface area is 218 Å². The maximum atomic E-state index is 11.8. The largest absolute Gasteiger partial charge is 0.357 e. The molecule has 0 spiro atoms. The Morgan fingerprint density at radius 3 is 2.44 bits per heavy atom. The van der Waals surface area contributed by atoms with Gasteiger partial charge in [0.2, 0.25) is 5.91 Å². The second kappa shape index (κ2) is 13.1. The lowest BCUT2D eigenvalue weighted by Crippen LogP contribution is -2.37. The molecular weight excluding hydrogens is 539 g/mol. The first-order valence-corrected chi connectivity index (χ1v) is 11.6. The Kier molecular flexibility index (Phi) is 9.93. The molecule has 1 aromatic heterocycles. The van der Waals surface area contributed by atoms with Crippen LogP contribution in [-0.4, -0.2) is 39.6 Å². The van der Waals surface area contributed by atoms with Crippen LogP contribution in [0.15, 0.2) is 72.0 Å². The molecule has 0 bridgehead atoms. The number of carbonyl (C=O) groups excluding carboxylic acids is 1. The summed E-state index contributed by atoms with van der Waals surface area (Å²) in [5.41, 5.74) is 4.76. The number of hydrogen-bond donors (Lipinski definition) is 2. The SMILES string of the molecule is CCNC(=NCc1ccc(CN2CCCC2=O)cc1)NCc1ccccc1Cn1cccn1.I. The van der Waals surface area contributed by atoms with E-state index in [1.165, 1.54) is 11.1 Å². The summed E-state index contributed by atoms with van der Waals surface area (Å²) in [6.07, 6.45) is 5.43. The van der Waals surface area contributed by atoms with Crippen molar-refractivity contribution in [2.24, 2.45) is 4.99 Å². The van der Waals surface area contributed by atoms with E-state index < -0.39 is 0 Å². The first-order chi connectivity index (χ1) is 16.2. The molecule has 7 nitrogen and oxygen atoms in total. The highest BCUT2D eigenvalue weighted by molar-refractivity contribution is 14.0. The van der Waals surface area contributed by atoms with Crippen molar-refractivity contribution in [1.29, 1.82) is 0 Å². The predicted molar refractivity (Wildman–Crippen MR) is 146 cm³/mol. The summed E-state index contributed by atoms with van der Waals surface area (Å²) in [6.45, 7) is 6.45. The van der Waals surface area contributed by atoms with Crippen molar-refractivity contribution in [3.05, 3.63) is 89.2 Å². The zero-order valence-electron chi connectivity index (χ0n) is 19.6. The van der Waals surface area contributed by atoms with Crippen LogP contribution < -0.4 is 10.6 Å². The topological polar surface area (TPSA) is 74.6 Å². The third-order valence-electron chi connectivity index (χ3n) is 5.79. The molecule has 1 fully saturated rings. The fourth-order valence-corrected chi connectivity index (χ4v) is 3.99. The molecule has 4 rings (SSSR count). The van der Waals surface area contributed by atoms with E-state index in [1.54, 1.807) is 6.20 Å². The molecule has 0 unspecified atom stereocenters. The van der Waals surface area contributed by atoms with Gasteiger partial charge in [-0.25, -0.2) is 4.99 Å². The summed E-state index contributed by atoms with van der Waals surface area (Å²) in [5, 5.41) is 11.1. The lowest BCUT2D eigenvalue weighted by Gasteiger charge is -2.16. The predicted octanol–water partition coefficient (Wildman–Crippen LogP) is 3.93. The summed E-state index contributed by atoms with van der Waals surface area (Å²) in [4.78, 5) is 18.5. The van der Waals surface area contributed by atoms with Crippen LogP contribution in [0.2, 0.25) is 0 Å². The molecule has 0 aliphatic carbocycles. The third-order valence-corrected chi connectivity index (χ3v) is 5.79. The van der Waals surface area contributed by atoms with Crippen LogP contribution in [0.4, 0.5) is 0 Å². The van der Waals surface area contributed by atoms with Crippen LogP contribution in [0.1, 0.15) is 42.0 Å². The van der Waals surface area contributed by atoms with Gasteiger partial charge in [0.1, 0.15) is 0 Å². The molecule has 2 aromatic carbocycles. The van der Waals surface area contributed by atoms with E-state index in [9.17, 15) is 4.79 Å². The van der Waals surface area contributed by atoms with Gasteiger partial charge in [0, 0.05) is 45.0 Å². The number of nitrogens with one attached hydrogen (secondary N) is 2. The van der Waals surface area contributed by atoms with Crippen molar-refractivity contribution >= 4 is 35.8 Å². The first kappa shape index (κ1) is 25.7. The number of aromatic nitrogens is 2. The summed E-state index contributed by atoms with van der Waals surface area (Å²) in [7, 11) is 0. The second-order valence-corrected chi connectivity index (χ2v) is 8.26. The highest BCUT2D eigenvalue weighted by Crippen LogP contribution is 2.15. The minimum absolute atomic E-state index is 0. The summed E-state index contributed by atoms with van der Waals surface area (Å²) in [5.74, 6) is 1.05. The molecule has 3 aromatic rings. The normalized spacial score (nSPS) is 13.6. The van der Waals surface area contributed by atoms with Crippen molar-refractivity contribution in [1.82, 2.24) is 25.3 Å². The molecule has 1 aliphatic rings. The minimum Gasteiger partial charge on any atom is -0.357 e. The summed E-state index contributed by atoms with van der Waals surface area (Å²) in [6, 6.07) is 18.7. The van der Waals surface area contributed by atoms with Crippen molar-refractivity contribution in [3.8, 4) is 0 Å². The number of amides is 1. The number of likely N-dealkylation sites (tertiary alicyclic amines) is 1. The van der Waals surface area contributed by atoms with Gasteiger partial charge < -0.3 is 15.5 Å². The number of hydrogen-bond acceptors (Lipinski definition) is 3. The minimum atomic E-state index is 0. The third kappa shape index (κ3) is 7.31. The lowest BCUT2D eigenvalue weighted by molar-refractivity contribution is -0.128. The van der Waals surface area contributed by atoms with Crippen LogP contribution in [0, 0.1) is 0 Å². The fourth-order valence-electron chi connectivity index (χ4n) is 3.99. The Morgan fingerprint density at radius 1 is 1.00 bits per heavy atom. The van der Waals surface area contributed by atoms with E-state index in [2.05, 4.69) is 71.2 Å². The number of aliphatic imine (C=N–C) groups is 1.